The highest BCUT2D eigenvalue weighted by atomic mass is 32.2. The van der Waals surface area contributed by atoms with Crippen molar-refractivity contribution in [2.24, 2.45) is 5.92 Å². The van der Waals surface area contributed by atoms with Gasteiger partial charge in [0.15, 0.2) is 0 Å². The lowest BCUT2D eigenvalue weighted by atomic mass is 10.0. The molecule has 2 aliphatic rings. The third-order valence-electron chi connectivity index (χ3n) is 5.97. The lowest BCUT2D eigenvalue weighted by molar-refractivity contribution is 0.0986. The van der Waals surface area contributed by atoms with Crippen LogP contribution in [0.2, 0.25) is 0 Å². The Morgan fingerprint density at radius 2 is 1.60 bits per heavy atom. The Labute approximate surface area is 183 Å². The summed E-state index contributed by atoms with van der Waals surface area (Å²) in [5, 5.41) is 0.434. The number of para-hydroxylation sites is 1. The molecule has 0 aromatic heterocycles. The highest BCUT2D eigenvalue weighted by Crippen LogP contribution is 2.38. The van der Waals surface area contributed by atoms with Crippen LogP contribution in [0.4, 0.5) is 5.69 Å². The molecule has 0 spiro atoms. The molecule has 2 aliphatic heterocycles. The number of hydrogen-bond acceptors (Lipinski definition) is 4. The molecule has 160 valence electrons. The molecule has 2 aromatic carbocycles. The monoisotopic (exact) mass is 444 g/mol. The number of fused-ring (bicyclic) bond motifs is 1. The van der Waals surface area contributed by atoms with Gasteiger partial charge in [0.1, 0.15) is 0 Å². The number of anilines is 1. The van der Waals surface area contributed by atoms with Crippen molar-refractivity contribution < 1.29 is 13.2 Å². The van der Waals surface area contributed by atoms with Gasteiger partial charge in [0, 0.05) is 35.3 Å². The Kier molecular flexibility index (Phi) is 6.23. The van der Waals surface area contributed by atoms with Gasteiger partial charge in [-0.2, -0.15) is 4.31 Å². The third-order valence-corrected chi connectivity index (χ3v) is 9.12. The maximum atomic E-state index is 13.3. The van der Waals surface area contributed by atoms with Gasteiger partial charge in [0.2, 0.25) is 10.0 Å². The van der Waals surface area contributed by atoms with E-state index in [4.69, 9.17) is 0 Å². The average molecular weight is 445 g/mol. The van der Waals surface area contributed by atoms with E-state index in [1.54, 1.807) is 40.3 Å². The van der Waals surface area contributed by atoms with Crippen molar-refractivity contribution in [3.63, 3.8) is 0 Å². The molecule has 0 aliphatic carbocycles. The molecule has 4 rings (SSSR count). The van der Waals surface area contributed by atoms with Gasteiger partial charge in [-0.1, -0.05) is 26.0 Å². The molecule has 0 saturated carbocycles. The van der Waals surface area contributed by atoms with Crippen molar-refractivity contribution in [1.29, 1.82) is 0 Å². The summed E-state index contributed by atoms with van der Waals surface area (Å²) in [4.78, 5) is 16.5. The first-order valence-electron chi connectivity index (χ1n) is 10.5. The van der Waals surface area contributed by atoms with Crippen molar-refractivity contribution in [2.45, 2.75) is 48.2 Å². The molecule has 7 heteroatoms. The van der Waals surface area contributed by atoms with E-state index in [2.05, 4.69) is 19.9 Å². The fourth-order valence-corrected chi connectivity index (χ4v) is 6.58. The number of carbonyl (C=O) groups excluding carboxylic acids is 1. The second-order valence-corrected chi connectivity index (χ2v) is 11.7. The van der Waals surface area contributed by atoms with E-state index < -0.39 is 10.0 Å². The molecular formula is C23H28N2O3S2. The predicted molar refractivity (Wildman–Crippen MR) is 122 cm³/mol. The molecular weight excluding hydrogens is 416 g/mol. The fourth-order valence-electron chi connectivity index (χ4n) is 4.00. The molecule has 1 amide bonds. The van der Waals surface area contributed by atoms with Crippen molar-refractivity contribution >= 4 is 33.4 Å². The molecule has 1 unspecified atom stereocenters. The second-order valence-electron chi connectivity index (χ2n) is 8.25. The van der Waals surface area contributed by atoms with Crippen molar-refractivity contribution in [1.82, 2.24) is 4.31 Å². The van der Waals surface area contributed by atoms with E-state index in [0.717, 1.165) is 29.8 Å². The molecule has 0 N–H and O–H groups in total. The van der Waals surface area contributed by atoms with Gasteiger partial charge in [0.05, 0.1) is 10.6 Å². The first kappa shape index (κ1) is 21.4. The molecule has 2 aromatic rings. The largest absolute Gasteiger partial charge is 0.307 e. The van der Waals surface area contributed by atoms with E-state index in [0.29, 0.717) is 36.4 Å². The van der Waals surface area contributed by atoms with Crippen molar-refractivity contribution in [3.05, 3.63) is 54.1 Å². The van der Waals surface area contributed by atoms with Crippen LogP contribution >= 0.6 is 11.8 Å². The summed E-state index contributed by atoms with van der Waals surface area (Å²) in [7, 11) is -3.51. The molecule has 0 bridgehead atoms. The number of thioether (sulfide) groups is 1. The summed E-state index contributed by atoms with van der Waals surface area (Å²) in [6, 6.07) is 14.4. The Morgan fingerprint density at radius 3 is 2.30 bits per heavy atom. The van der Waals surface area contributed by atoms with Crippen LogP contribution in [0, 0.1) is 5.92 Å². The Hall–Kier alpha value is -1.83. The van der Waals surface area contributed by atoms with Gasteiger partial charge < -0.3 is 4.90 Å². The number of hydrogen-bond donors (Lipinski definition) is 0. The highest BCUT2D eigenvalue weighted by molar-refractivity contribution is 8.00. The van der Waals surface area contributed by atoms with Crippen LogP contribution in [0.15, 0.2) is 58.3 Å². The number of piperidine rings is 1. The Bertz CT molecular complexity index is 1010. The third kappa shape index (κ3) is 4.29. The maximum absolute atomic E-state index is 13.3. The number of amides is 1. The topological polar surface area (TPSA) is 57.7 Å². The highest BCUT2D eigenvalue weighted by Gasteiger charge is 2.29. The lowest BCUT2D eigenvalue weighted by Gasteiger charge is -2.29. The zero-order valence-electron chi connectivity index (χ0n) is 17.5. The quantitative estimate of drug-likeness (QED) is 0.692. The van der Waals surface area contributed by atoms with Crippen LogP contribution in [-0.2, 0) is 10.0 Å². The van der Waals surface area contributed by atoms with E-state index in [1.807, 2.05) is 23.1 Å². The number of benzene rings is 2. The molecule has 1 atom stereocenters. The number of carbonyl (C=O) groups is 1. The standard InChI is InChI=1S/C23H28N2O3S2/c1-17-11-14-24(15-12-17)30(27,28)20-9-7-19(8-10-20)23(26)25-16-13-18(2)29-22-6-4-3-5-21(22)25/h3-10,17-18H,11-16H2,1-2H3. The molecule has 1 saturated heterocycles. The van der Waals surface area contributed by atoms with Gasteiger partial charge in [-0.15, -0.1) is 11.8 Å². The van der Waals surface area contributed by atoms with Crippen LogP contribution in [-0.4, -0.2) is 43.5 Å². The van der Waals surface area contributed by atoms with E-state index in [9.17, 15) is 13.2 Å². The van der Waals surface area contributed by atoms with E-state index in [1.165, 1.54) is 0 Å². The molecule has 2 heterocycles. The normalized spacial score (nSPS) is 21.1. The summed E-state index contributed by atoms with van der Waals surface area (Å²) in [5.41, 5.74) is 1.44. The average Bonchev–Trinajstić information content (AvgIpc) is 2.92. The van der Waals surface area contributed by atoms with Crippen molar-refractivity contribution in [2.75, 3.05) is 24.5 Å². The van der Waals surface area contributed by atoms with Gasteiger partial charge in [-0.05, 0) is 61.6 Å². The molecule has 1 fully saturated rings. The van der Waals surface area contributed by atoms with Crippen LogP contribution in [0.25, 0.3) is 0 Å². The lowest BCUT2D eigenvalue weighted by Crippen LogP contribution is -2.37. The van der Waals surface area contributed by atoms with Crippen LogP contribution in [0.1, 0.15) is 43.5 Å². The zero-order chi connectivity index (χ0) is 21.3. The van der Waals surface area contributed by atoms with Gasteiger partial charge in [0.25, 0.3) is 5.91 Å². The molecule has 0 radical (unpaired) electrons. The van der Waals surface area contributed by atoms with E-state index >= 15 is 0 Å². The Balaban J connectivity index is 1.56. The summed E-state index contributed by atoms with van der Waals surface area (Å²) < 4.78 is 27.5. The fraction of sp³-hybridized carbons (Fsp3) is 0.435. The minimum Gasteiger partial charge on any atom is -0.307 e. The Morgan fingerprint density at radius 1 is 0.933 bits per heavy atom. The van der Waals surface area contributed by atoms with Gasteiger partial charge in [-0.3, -0.25) is 4.79 Å². The predicted octanol–water partition coefficient (Wildman–Crippen LogP) is 4.64. The molecule has 30 heavy (non-hydrogen) atoms. The number of nitrogens with zero attached hydrogens (tertiary/aromatic N) is 2. The summed E-state index contributed by atoms with van der Waals surface area (Å²) in [6.45, 7) is 6.10. The van der Waals surface area contributed by atoms with E-state index in [-0.39, 0.29) is 10.8 Å². The summed E-state index contributed by atoms with van der Waals surface area (Å²) in [6.07, 6.45) is 2.69. The van der Waals surface area contributed by atoms with Crippen LogP contribution in [0.5, 0.6) is 0 Å². The smallest absolute Gasteiger partial charge is 0.258 e. The first-order chi connectivity index (χ1) is 14.4. The number of rotatable bonds is 3. The minimum absolute atomic E-state index is 0.0899. The van der Waals surface area contributed by atoms with Crippen molar-refractivity contribution in [3.8, 4) is 0 Å². The van der Waals surface area contributed by atoms with Gasteiger partial charge >= 0.3 is 0 Å². The molecule has 5 nitrogen and oxygen atoms in total. The number of sulfonamides is 1. The summed E-state index contributed by atoms with van der Waals surface area (Å²) in [5.74, 6) is 0.474. The second kappa shape index (κ2) is 8.73. The van der Waals surface area contributed by atoms with Gasteiger partial charge in [-0.25, -0.2) is 8.42 Å². The van der Waals surface area contributed by atoms with Crippen LogP contribution < -0.4 is 4.90 Å². The van der Waals surface area contributed by atoms with Crippen LogP contribution in [0.3, 0.4) is 0 Å². The zero-order valence-corrected chi connectivity index (χ0v) is 19.1. The first-order valence-corrected chi connectivity index (χ1v) is 12.9. The minimum atomic E-state index is -3.51. The maximum Gasteiger partial charge on any atom is 0.258 e. The summed E-state index contributed by atoms with van der Waals surface area (Å²) >= 11 is 1.79. The SMILES string of the molecule is CC1CCN(S(=O)(=O)c2ccc(C(=O)N3CCC(C)Sc4ccccc43)cc2)CC1.